The van der Waals surface area contributed by atoms with Gasteiger partial charge in [-0.05, 0) is 25.3 Å². The molecule has 1 rings (SSSR count). The van der Waals surface area contributed by atoms with Crippen LogP contribution in [0.25, 0.3) is 0 Å². The van der Waals surface area contributed by atoms with Crippen molar-refractivity contribution in [3.05, 3.63) is 22.4 Å². The molecule has 1 aromatic rings. The number of nitrogens with one attached hydrogen (secondary N) is 1. The quantitative estimate of drug-likeness (QED) is 0.805. The summed E-state index contributed by atoms with van der Waals surface area (Å²) in [5.74, 6) is -0.0408. The van der Waals surface area contributed by atoms with Gasteiger partial charge in [0, 0.05) is 23.9 Å². The molecule has 4 heteroatoms. The lowest BCUT2D eigenvalue weighted by atomic mass is 10.2. The second-order valence-corrected chi connectivity index (χ2v) is 4.42. The topological polar surface area (TPSA) is 38.3 Å². The van der Waals surface area contributed by atoms with Crippen LogP contribution >= 0.6 is 11.3 Å². The molecular weight excluding hydrogens is 210 g/mol. The Hall–Kier alpha value is -0.870. The van der Waals surface area contributed by atoms with Crippen LogP contribution < -0.4 is 5.32 Å². The van der Waals surface area contributed by atoms with E-state index in [4.69, 9.17) is 4.74 Å². The van der Waals surface area contributed by atoms with Crippen molar-refractivity contribution in [1.29, 1.82) is 0 Å². The molecule has 0 aliphatic heterocycles. The molecule has 3 nitrogen and oxygen atoms in total. The first-order valence-corrected chi connectivity index (χ1v) is 5.99. The van der Waals surface area contributed by atoms with Crippen LogP contribution in [0.5, 0.6) is 0 Å². The Morgan fingerprint density at radius 2 is 2.47 bits per heavy atom. The van der Waals surface area contributed by atoms with Crippen LogP contribution in [0.2, 0.25) is 0 Å². The van der Waals surface area contributed by atoms with Crippen molar-refractivity contribution in [1.82, 2.24) is 5.32 Å². The van der Waals surface area contributed by atoms with Crippen molar-refractivity contribution < 1.29 is 9.53 Å². The molecule has 0 bridgehead atoms. The van der Waals surface area contributed by atoms with Gasteiger partial charge >= 0.3 is 0 Å². The first-order valence-electron chi connectivity index (χ1n) is 5.12. The highest BCUT2D eigenvalue weighted by molar-refractivity contribution is 7.09. The standard InChI is InChI=1S/C11H17NO2S/c1-3-14-8-11(13)12-9(2)7-10-5-4-6-15-10/h4-6,9H,3,7-8H2,1-2H3,(H,12,13). The van der Waals surface area contributed by atoms with Crippen LogP contribution in [0.3, 0.4) is 0 Å². The maximum atomic E-state index is 11.3. The second kappa shape index (κ2) is 6.58. The maximum absolute atomic E-state index is 11.3. The molecule has 0 saturated carbocycles. The summed E-state index contributed by atoms with van der Waals surface area (Å²) in [6, 6.07) is 4.27. The molecule has 84 valence electrons. The molecular formula is C11H17NO2S. The van der Waals surface area contributed by atoms with Crippen molar-refractivity contribution in [2.45, 2.75) is 26.3 Å². The van der Waals surface area contributed by atoms with E-state index >= 15 is 0 Å². The highest BCUT2D eigenvalue weighted by Gasteiger charge is 2.08. The minimum absolute atomic E-state index is 0.0408. The number of rotatable bonds is 6. The highest BCUT2D eigenvalue weighted by Crippen LogP contribution is 2.10. The zero-order chi connectivity index (χ0) is 11.1. The van der Waals surface area contributed by atoms with E-state index < -0.39 is 0 Å². The average molecular weight is 227 g/mol. The third-order valence-corrected chi connectivity index (χ3v) is 2.83. The van der Waals surface area contributed by atoms with E-state index in [9.17, 15) is 4.79 Å². The first kappa shape index (κ1) is 12.2. The number of hydrogen-bond donors (Lipinski definition) is 1. The maximum Gasteiger partial charge on any atom is 0.246 e. The van der Waals surface area contributed by atoms with Crippen LogP contribution in [0.4, 0.5) is 0 Å². The molecule has 1 N–H and O–H groups in total. The van der Waals surface area contributed by atoms with Gasteiger partial charge in [-0.3, -0.25) is 4.79 Å². The Morgan fingerprint density at radius 3 is 3.07 bits per heavy atom. The fourth-order valence-electron chi connectivity index (χ4n) is 1.29. The molecule has 0 aliphatic carbocycles. The molecule has 1 amide bonds. The summed E-state index contributed by atoms with van der Waals surface area (Å²) in [6.07, 6.45) is 0.884. The largest absolute Gasteiger partial charge is 0.372 e. The van der Waals surface area contributed by atoms with Crippen molar-refractivity contribution in [2.75, 3.05) is 13.2 Å². The predicted octanol–water partition coefficient (Wildman–Crippen LogP) is 1.83. The smallest absolute Gasteiger partial charge is 0.246 e. The van der Waals surface area contributed by atoms with E-state index in [0.717, 1.165) is 6.42 Å². The molecule has 0 spiro atoms. The van der Waals surface area contributed by atoms with Crippen molar-refractivity contribution >= 4 is 17.2 Å². The molecule has 1 aromatic heterocycles. The average Bonchev–Trinajstić information content (AvgIpc) is 2.67. The lowest BCUT2D eigenvalue weighted by molar-refractivity contribution is -0.126. The van der Waals surface area contributed by atoms with Gasteiger partial charge in [-0.15, -0.1) is 11.3 Å². The zero-order valence-corrected chi connectivity index (χ0v) is 9.97. The number of amides is 1. The Balaban J connectivity index is 2.23. The lowest BCUT2D eigenvalue weighted by Crippen LogP contribution is -2.36. The van der Waals surface area contributed by atoms with E-state index in [2.05, 4.69) is 11.4 Å². The van der Waals surface area contributed by atoms with E-state index in [0.29, 0.717) is 6.61 Å². The zero-order valence-electron chi connectivity index (χ0n) is 9.16. The molecule has 1 heterocycles. The molecule has 0 radical (unpaired) electrons. The minimum atomic E-state index is -0.0408. The lowest BCUT2D eigenvalue weighted by Gasteiger charge is -2.12. The Labute approximate surface area is 94.5 Å². The summed E-state index contributed by atoms with van der Waals surface area (Å²) < 4.78 is 5.02. The van der Waals surface area contributed by atoms with E-state index in [1.165, 1.54) is 4.88 Å². The van der Waals surface area contributed by atoms with Crippen LogP contribution in [-0.2, 0) is 16.0 Å². The van der Waals surface area contributed by atoms with Gasteiger partial charge in [-0.25, -0.2) is 0 Å². The van der Waals surface area contributed by atoms with Crippen LogP contribution in [0.1, 0.15) is 18.7 Å². The van der Waals surface area contributed by atoms with Crippen LogP contribution in [-0.4, -0.2) is 25.2 Å². The number of hydrogen-bond acceptors (Lipinski definition) is 3. The summed E-state index contributed by atoms with van der Waals surface area (Å²) >= 11 is 1.71. The van der Waals surface area contributed by atoms with Crippen molar-refractivity contribution in [3.63, 3.8) is 0 Å². The number of carbonyl (C=O) groups excluding carboxylic acids is 1. The van der Waals surface area contributed by atoms with Crippen LogP contribution in [0.15, 0.2) is 17.5 Å². The second-order valence-electron chi connectivity index (χ2n) is 3.39. The minimum Gasteiger partial charge on any atom is -0.372 e. The van der Waals surface area contributed by atoms with Gasteiger partial charge in [0.1, 0.15) is 6.61 Å². The summed E-state index contributed by atoms with van der Waals surface area (Å²) in [6.45, 7) is 4.62. The Morgan fingerprint density at radius 1 is 1.67 bits per heavy atom. The summed E-state index contributed by atoms with van der Waals surface area (Å²) in [7, 11) is 0. The van der Waals surface area contributed by atoms with Crippen molar-refractivity contribution in [2.24, 2.45) is 0 Å². The highest BCUT2D eigenvalue weighted by atomic mass is 32.1. The van der Waals surface area contributed by atoms with Gasteiger partial charge in [0.15, 0.2) is 0 Å². The molecule has 0 aliphatic rings. The monoisotopic (exact) mass is 227 g/mol. The molecule has 0 aromatic carbocycles. The van der Waals surface area contributed by atoms with E-state index in [1.807, 2.05) is 25.3 Å². The Kier molecular flexibility index (Phi) is 5.36. The van der Waals surface area contributed by atoms with Gasteiger partial charge in [-0.1, -0.05) is 6.07 Å². The van der Waals surface area contributed by atoms with Gasteiger partial charge in [0.05, 0.1) is 0 Å². The molecule has 0 fully saturated rings. The summed E-state index contributed by atoms with van der Waals surface area (Å²) in [4.78, 5) is 12.6. The van der Waals surface area contributed by atoms with E-state index in [-0.39, 0.29) is 18.6 Å². The first-order chi connectivity index (χ1) is 7.22. The van der Waals surface area contributed by atoms with Gasteiger partial charge in [0.25, 0.3) is 0 Å². The third kappa shape index (κ3) is 4.95. The van der Waals surface area contributed by atoms with Gasteiger partial charge in [0.2, 0.25) is 5.91 Å². The van der Waals surface area contributed by atoms with Crippen molar-refractivity contribution in [3.8, 4) is 0 Å². The molecule has 0 saturated heterocycles. The Bertz CT molecular complexity index is 285. The fourth-order valence-corrected chi connectivity index (χ4v) is 2.13. The SMILES string of the molecule is CCOCC(=O)NC(C)Cc1cccs1. The van der Waals surface area contributed by atoms with E-state index in [1.54, 1.807) is 11.3 Å². The predicted molar refractivity (Wildman–Crippen MR) is 62.1 cm³/mol. The molecule has 1 unspecified atom stereocenters. The van der Waals surface area contributed by atoms with Crippen LogP contribution in [0, 0.1) is 0 Å². The van der Waals surface area contributed by atoms with Gasteiger partial charge < -0.3 is 10.1 Å². The number of ether oxygens (including phenoxy) is 1. The fraction of sp³-hybridized carbons (Fsp3) is 0.545. The summed E-state index contributed by atoms with van der Waals surface area (Å²) in [5, 5.41) is 4.94. The molecule has 1 atom stereocenters. The summed E-state index contributed by atoms with van der Waals surface area (Å²) in [5.41, 5.74) is 0. The third-order valence-electron chi connectivity index (χ3n) is 1.93. The van der Waals surface area contributed by atoms with Gasteiger partial charge in [-0.2, -0.15) is 0 Å². The number of carbonyl (C=O) groups is 1. The normalized spacial score (nSPS) is 12.4. The molecule has 15 heavy (non-hydrogen) atoms. The number of thiophene rings is 1.